The first-order valence-electron chi connectivity index (χ1n) is 20.0. The van der Waals surface area contributed by atoms with Crippen LogP contribution < -0.4 is 0 Å². The van der Waals surface area contributed by atoms with Crippen molar-refractivity contribution in [3.8, 4) is 44.5 Å². The maximum atomic E-state index is 2.31. The van der Waals surface area contributed by atoms with Crippen molar-refractivity contribution in [3.63, 3.8) is 0 Å². The van der Waals surface area contributed by atoms with Gasteiger partial charge >= 0.3 is 0 Å². The van der Waals surface area contributed by atoms with Crippen LogP contribution in [0.4, 0.5) is 0 Å². The maximum absolute atomic E-state index is 2.31. The summed E-state index contributed by atoms with van der Waals surface area (Å²) in [6.07, 6.45) is 8.45. The first kappa shape index (κ1) is 40.1. The van der Waals surface area contributed by atoms with Gasteiger partial charge in [-0.2, -0.15) is 0 Å². The average Bonchev–Trinajstić information content (AvgIpc) is 3.32. The molecule has 0 bridgehead atoms. The lowest BCUT2D eigenvalue weighted by molar-refractivity contribution is 1.46. The van der Waals surface area contributed by atoms with Gasteiger partial charge in [-0.15, -0.1) is 47.0 Å². The van der Waals surface area contributed by atoms with Gasteiger partial charge in [-0.25, -0.2) is 0 Å². The lowest BCUT2D eigenvalue weighted by Gasteiger charge is -2.09. The fraction of sp³-hybridized carbons (Fsp3) is 0.0714. The van der Waals surface area contributed by atoms with E-state index in [1.165, 1.54) is 107 Å². The SMILES string of the molecule is CSc1ccc(-c2ccc3cc4cc(-c5ccc(SC)cc5)ccc4cc3c2)cc1.CSc1ccc(-c2ccc3cc4cc(-c5ccc(SC)cc5)ccc4cc3c2)cc1. The Morgan fingerprint density at radius 2 is 0.367 bits per heavy atom. The van der Waals surface area contributed by atoms with Crippen molar-refractivity contribution in [1.29, 1.82) is 0 Å². The molecule has 4 heteroatoms. The molecule has 0 aromatic heterocycles. The summed E-state index contributed by atoms with van der Waals surface area (Å²) in [7, 11) is 0. The first-order chi connectivity index (χ1) is 29.5. The van der Waals surface area contributed by atoms with Crippen LogP contribution in [0.3, 0.4) is 0 Å². The average molecular weight is 845 g/mol. The molecule has 0 unspecified atom stereocenters. The van der Waals surface area contributed by atoms with Gasteiger partial charge in [0.05, 0.1) is 0 Å². The third kappa shape index (κ3) is 8.75. The van der Waals surface area contributed by atoms with Crippen LogP contribution in [-0.4, -0.2) is 25.0 Å². The fourth-order valence-corrected chi connectivity index (χ4v) is 9.48. The maximum Gasteiger partial charge on any atom is 0.00695 e. The summed E-state index contributed by atoms with van der Waals surface area (Å²) in [5.41, 5.74) is 10.1. The van der Waals surface area contributed by atoms with E-state index < -0.39 is 0 Å². The number of fused-ring (bicyclic) bond motifs is 4. The Kier molecular flexibility index (Phi) is 12.1. The van der Waals surface area contributed by atoms with Gasteiger partial charge < -0.3 is 0 Å². The smallest absolute Gasteiger partial charge is 0.00695 e. The van der Waals surface area contributed by atoms with Crippen molar-refractivity contribution >= 4 is 90.1 Å². The van der Waals surface area contributed by atoms with Crippen molar-refractivity contribution in [1.82, 2.24) is 0 Å². The summed E-state index contributed by atoms with van der Waals surface area (Å²) in [6, 6.07) is 71.6. The van der Waals surface area contributed by atoms with Gasteiger partial charge in [0.2, 0.25) is 0 Å². The quantitative estimate of drug-likeness (QED) is 0.110. The zero-order chi connectivity index (χ0) is 41.0. The summed E-state index contributed by atoms with van der Waals surface area (Å²) < 4.78 is 0. The van der Waals surface area contributed by atoms with Crippen molar-refractivity contribution in [3.05, 3.63) is 194 Å². The summed E-state index contributed by atoms with van der Waals surface area (Å²) in [4.78, 5) is 5.18. The summed E-state index contributed by atoms with van der Waals surface area (Å²) in [6.45, 7) is 0. The molecule has 0 nitrogen and oxygen atoms in total. The Hall–Kier alpha value is -5.36. The van der Waals surface area contributed by atoms with Gasteiger partial charge in [0, 0.05) is 19.6 Å². The van der Waals surface area contributed by atoms with Crippen LogP contribution in [-0.2, 0) is 0 Å². The van der Waals surface area contributed by atoms with E-state index in [1.54, 1.807) is 47.0 Å². The van der Waals surface area contributed by atoms with Gasteiger partial charge in [0.25, 0.3) is 0 Å². The molecule has 292 valence electrons. The van der Waals surface area contributed by atoms with Crippen LogP contribution in [0.2, 0.25) is 0 Å². The highest BCUT2D eigenvalue weighted by atomic mass is 32.2. The van der Waals surface area contributed by atoms with E-state index in [4.69, 9.17) is 0 Å². The Morgan fingerprint density at radius 3 is 0.550 bits per heavy atom. The predicted octanol–water partition coefficient (Wildman–Crippen LogP) is 17.5. The van der Waals surface area contributed by atoms with Crippen molar-refractivity contribution in [2.75, 3.05) is 25.0 Å². The lowest BCUT2D eigenvalue weighted by atomic mass is 9.96. The third-order valence-electron chi connectivity index (χ3n) is 11.3. The molecule has 0 aliphatic heterocycles. The van der Waals surface area contributed by atoms with Gasteiger partial charge in [0.1, 0.15) is 0 Å². The van der Waals surface area contributed by atoms with E-state index in [0.717, 1.165) is 0 Å². The molecule has 0 atom stereocenters. The second-order valence-corrected chi connectivity index (χ2v) is 18.4. The number of rotatable bonds is 8. The van der Waals surface area contributed by atoms with E-state index in [-0.39, 0.29) is 0 Å². The first-order valence-corrected chi connectivity index (χ1v) is 24.9. The molecule has 10 rings (SSSR count). The molecular weight excluding hydrogens is 801 g/mol. The molecule has 0 radical (unpaired) electrons. The van der Waals surface area contributed by atoms with Gasteiger partial charge in [-0.05, 0) is 210 Å². The van der Waals surface area contributed by atoms with Crippen LogP contribution in [0.25, 0.3) is 87.6 Å². The predicted molar refractivity (Wildman–Crippen MR) is 272 cm³/mol. The zero-order valence-electron chi connectivity index (χ0n) is 34.1. The monoisotopic (exact) mass is 844 g/mol. The number of hydrogen-bond donors (Lipinski definition) is 0. The highest BCUT2D eigenvalue weighted by molar-refractivity contribution is 7.99. The van der Waals surface area contributed by atoms with Crippen molar-refractivity contribution in [2.45, 2.75) is 19.6 Å². The highest BCUT2D eigenvalue weighted by Gasteiger charge is 2.07. The summed E-state index contributed by atoms with van der Waals surface area (Å²) in [5.74, 6) is 0. The minimum Gasteiger partial charge on any atom is -0.130 e. The molecule has 10 aromatic rings. The van der Waals surface area contributed by atoms with Crippen molar-refractivity contribution < 1.29 is 0 Å². The Bertz CT molecular complexity index is 2670. The fourth-order valence-electron chi connectivity index (χ4n) is 7.85. The second kappa shape index (κ2) is 18.1. The second-order valence-electron chi connectivity index (χ2n) is 14.9. The van der Waals surface area contributed by atoms with Crippen molar-refractivity contribution in [2.24, 2.45) is 0 Å². The lowest BCUT2D eigenvalue weighted by Crippen LogP contribution is -1.83. The molecule has 0 amide bonds. The molecule has 60 heavy (non-hydrogen) atoms. The van der Waals surface area contributed by atoms with Crippen LogP contribution in [0, 0.1) is 0 Å². The Balaban J connectivity index is 0.000000154. The molecule has 0 N–H and O–H groups in total. The van der Waals surface area contributed by atoms with E-state index in [1.807, 2.05) is 0 Å². The van der Waals surface area contributed by atoms with Gasteiger partial charge in [-0.3, -0.25) is 0 Å². The molecule has 0 fully saturated rings. The normalized spacial score (nSPS) is 11.3. The van der Waals surface area contributed by atoms with Crippen LogP contribution in [0.5, 0.6) is 0 Å². The van der Waals surface area contributed by atoms with Gasteiger partial charge in [0.15, 0.2) is 0 Å². The minimum absolute atomic E-state index is 1.26. The number of thioether (sulfide) groups is 4. The standard InChI is InChI=1S/2C28H22S2/c2*1-29-27-11-7-19(8-12-27)21-3-5-23-18-26-16-22(4-6-24(26)17-25(23)15-21)20-9-13-28(30-2)14-10-20/h2*3-18H,1-2H3. The van der Waals surface area contributed by atoms with Crippen LogP contribution >= 0.6 is 47.0 Å². The van der Waals surface area contributed by atoms with E-state index in [2.05, 4.69) is 219 Å². The Labute approximate surface area is 370 Å². The molecule has 0 saturated carbocycles. The summed E-state index contributed by atoms with van der Waals surface area (Å²) >= 11 is 7.11. The summed E-state index contributed by atoms with van der Waals surface area (Å²) in [5, 5.41) is 10.3. The zero-order valence-corrected chi connectivity index (χ0v) is 37.4. The molecule has 0 saturated heterocycles. The Morgan fingerprint density at radius 1 is 0.183 bits per heavy atom. The highest BCUT2D eigenvalue weighted by Crippen LogP contribution is 2.34. The van der Waals surface area contributed by atoms with E-state index >= 15 is 0 Å². The number of benzene rings is 10. The van der Waals surface area contributed by atoms with E-state index in [9.17, 15) is 0 Å². The van der Waals surface area contributed by atoms with Crippen LogP contribution in [0.1, 0.15) is 0 Å². The molecular formula is C56H44S4. The van der Waals surface area contributed by atoms with Crippen LogP contribution in [0.15, 0.2) is 214 Å². The molecule has 0 aliphatic rings. The largest absolute Gasteiger partial charge is 0.130 e. The molecule has 0 aliphatic carbocycles. The topological polar surface area (TPSA) is 0 Å². The minimum atomic E-state index is 1.26. The third-order valence-corrected chi connectivity index (χ3v) is 14.3. The van der Waals surface area contributed by atoms with Gasteiger partial charge in [-0.1, -0.05) is 97.1 Å². The molecule has 10 aromatic carbocycles. The number of hydrogen-bond acceptors (Lipinski definition) is 4. The molecule has 0 spiro atoms. The van der Waals surface area contributed by atoms with E-state index in [0.29, 0.717) is 0 Å². The molecule has 0 heterocycles.